The maximum atomic E-state index is 13.1. The van der Waals surface area contributed by atoms with Crippen LogP contribution in [0.1, 0.15) is 38.8 Å². The Morgan fingerprint density at radius 2 is 2.05 bits per heavy atom. The highest BCUT2D eigenvalue weighted by Gasteiger charge is 2.26. The summed E-state index contributed by atoms with van der Waals surface area (Å²) in [7, 11) is 4.98. The number of aromatic nitrogens is 2. The molecule has 3 unspecified atom stereocenters. The van der Waals surface area contributed by atoms with E-state index in [1.54, 1.807) is 93.3 Å². The molecular weight excluding hydrogens is 570 g/mol. The van der Waals surface area contributed by atoms with Crippen molar-refractivity contribution in [2.24, 2.45) is 10.9 Å². The molecule has 0 saturated heterocycles. The molecule has 12 heteroatoms. The minimum atomic E-state index is -0.865. The van der Waals surface area contributed by atoms with Crippen molar-refractivity contribution < 1.29 is 19.5 Å². The van der Waals surface area contributed by atoms with E-state index in [1.807, 2.05) is 10.8 Å². The first-order valence-corrected chi connectivity index (χ1v) is 14.2. The SMILES string of the molecule is CN=C(Nc1ccc(C(=O)N(C)CCCn2ccnc2)c(C=O)c1)C(C=O)C(/C=C\NC)NCC(O)c1cccc(Cl)c1. The molecule has 0 bridgehead atoms. The highest BCUT2D eigenvalue weighted by molar-refractivity contribution is 6.30. The molecule has 4 N–H and O–H groups in total. The van der Waals surface area contributed by atoms with Crippen LogP contribution in [0.3, 0.4) is 0 Å². The van der Waals surface area contributed by atoms with Gasteiger partial charge in [0.2, 0.25) is 0 Å². The van der Waals surface area contributed by atoms with E-state index in [0.717, 1.165) is 19.3 Å². The van der Waals surface area contributed by atoms with Crippen molar-refractivity contribution in [2.45, 2.75) is 25.1 Å². The van der Waals surface area contributed by atoms with Crippen LogP contribution in [0.15, 0.2) is 78.5 Å². The zero-order chi connectivity index (χ0) is 31.2. The van der Waals surface area contributed by atoms with Gasteiger partial charge >= 0.3 is 0 Å². The molecule has 0 spiro atoms. The lowest BCUT2D eigenvalue weighted by Crippen LogP contribution is -2.43. The highest BCUT2D eigenvalue weighted by Crippen LogP contribution is 2.20. The van der Waals surface area contributed by atoms with Gasteiger partial charge in [-0.2, -0.15) is 0 Å². The summed E-state index contributed by atoms with van der Waals surface area (Å²) in [6.07, 6.45) is 9.99. The van der Waals surface area contributed by atoms with Gasteiger partial charge in [-0.05, 0) is 48.5 Å². The Morgan fingerprint density at radius 3 is 2.70 bits per heavy atom. The molecule has 1 aromatic heterocycles. The zero-order valence-corrected chi connectivity index (χ0v) is 25.2. The number of aryl methyl sites for hydroxylation is 1. The number of amides is 1. The van der Waals surface area contributed by atoms with Gasteiger partial charge in [-0.3, -0.25) is 14.6 Å². The maximum absolute atomic E-state index is 13.1. The van der Waals surface area contributed by atoms with E-state index >= 15 is 0 Å². The molecular formula is C31H38ClN7O4. The topological polar surface area (TPSA) is 141 Å². The predicted molar refractivity (Wildman–Crippen MR) is 169 cm³/mol. The van der Waals surface area contributed by atoms with Crippen LogP contribution in [0, 0.1) is 5.92 Å². The molecule has 0 aliphatic heterocycles. The number of halogens is 1. The number of nitrogens with one attached hydrogen (secondary N) is 3. The lowest BCUT2D eigenvalue weighted by molar-refractivity contribution is -0.109. The van der Waals surface area contributed by atoms with Gasteiger partial charge in [0, 0.05) is 75.5 Å². The summed E-state index contributed by atoms with van der Waals surface area (Å²) in [6.45, 7) is 1.36. The van der Waals surface area contributed by atoms with Gasteiger partial charge in [0.1, 0.15) is 12.1 Å². The first kappa shape index (κ1) is 33.2. The van der Waals surface area contributed by atoms with Crippen LogP contribution in [0.2, 0.25) is 5.02 Å². The number of nitrogens with zero attached hydrogens (tertiary/aromatic N) is 4. The van der Waals surface area contributed by atoms with Crippen LogP contribution in [-0.2, 0) is 11.3 Å². The fraction of sp³-hybridized carbons (Fsp3) is 0.323. The highest BCUT2D eigenvalue weighted by atomic mass is 35.5. The predicted octanol–water partition coefficient (Wildman–Crippen LogP) is 3.19. The Kier molecular flexibility index (Phi) is 13.1. The number of carbonyl (C=O) groups is 3. The number of hydrogen-bond donors (Lipinski definition) is 4. The molecule has 1 amide bonds. The van der Waals surface area contributed by atoms with E-state index < -0.39 is 18.1 Å². The van der Waals surface area contributed by atoms with Gasteiger partial charge in [0.05, 0.1) is 23.9 Å². The Balaban J connectivity index is 1.71. The third-order valence-corrected chi connectivity index (χ3v) is 7.07. The smallest absolute Gasteiger partial charge is 0.254 e. The molecule has 0 aliphatic carbocycles. The van der Waals surface area contributed by atoms with E-state index in [1.165, 1.54) is 0 Å². The fourth-order valence-corrected chi connectivity index (χ4v) is 4.70. The van der Waals surface area contributed by atoms with E-state index in [-0.39, 0.29) is 23.6 Å². The average Bonchev–Trinajstić information content (AvgIpc) is 3.54. The van der Waals surface area contributed by atoms with E-state index in [2.05, 4.69) is 25.9 Å². The molecule has 43 heavy (non-hydrogen) atoms. The number of carbonyl (C=O) groups excluding carboxylic acids is 3. The molecule has 2 aromatic carbocycles. The summed E-state index contributed by atoms with van der Waals surface area (Å²) < 4.78 is 1.94. The number of aldehydes is 2. The summed E-state index contributed by atoms with van der Waals surface area (Å²) in [5.74, 6) is -0.712. The third-order valence-electron chi connectivity index (χ3n) is 6.84. The number of benzene rings is 2. The van der Waals surface area contributed by atoms with Crippen LogP contribution in [0.4, 0.5) is 5.69 Å². The lowest BCUT2D eigenvalue weighted by Gasteiger charge is -2.25. The van der Waals surface area contributed by atoms with Crippen LogP contribution in [0.25, 0.3) is 0 Å². The molecule has 11 nitrogen and oxygen atoms in total. The second-order valence-electron chi connectivity index (χ2n) is 9.85. The molecule has 3 atom stereocenters. The third kappa shape index (κ3) is 9.60. The van der Waals surface area contributed by atoms with Crippen LogP contribution < -0.4 is 16.0 Å². The number of rotatable bonds is 16. The number of aliphatic imine (C=N–C) groups is 1. The minimum Gasteiger partial charge on any atom is -0.394 e. The fourth-order valence-electron chi connectivity index (χ4n) is 4.50. The lowest BCUT2D eigenvalue weighted by atomic mass is 9.98. The second-order valence-corrected chi connectivity index (χ2v) is 10.3. The largest absolute Gasteiger partial charge is 0.394 e. The van der Waals surface area contributed by atoms with Gasteiger partial charge in [-0.1, -0.05) is 29.8 Å². The summed E-state index contributed by atoms with van der Waals surface area (Å²) in [4.78, 5) is 47.3. The van der Waals surface area contributed by atoms with Crippen molar-refractivity contribution in [3.63, 3.8) is 0 Å². The first-order valence-electron chi connectivity index (χ1n) is 13.8. The minimum absolute atomic E-state index is 0.141. The summed E-state index contributed by atoms with van der Waals surface area (Å²) >= 11 is 6.07. The standard InChI is InChI=1S/C31H38ClN7O4/c1-33-11-10-28(36-18-29(42)22-6-4-7-24(32)16-22)27(20-41)30(34-2)37-25-8-9-26(23(17-25)19-40)31(43)38(3)13-5-14-39-15-12-35-21-39/h4,6-12,15-17,19-21,27-29,33,36,42H,5,13-14,18H2,1-3H3,(H,34,37)/b11-10-. The number of hydrogen-bond acceptors (Lipinski definition) is 8. The second kappa shape index (κ2) is 17.0. The van der Waals surface area contributed by atoms with Gasteiger partial charge in [0.25, 0.3) is 5.91 Å². The first-order chi connectivity index (χ1) is 20.8. The molecule has 0 saturated carbocycles. The Morgan fingerprint density at radius 1 is 1.23 bits per heavy atom. The summed E-state index contributed by atoms with van der Waals surface area (Å²) in [5.41, 5.74) is 1.62. The van der Waals surface area contributed by atoms with E-state index in [4.69, 9.17) is 11.6 Å². The van der Waals surface area contributed by atoms with Gasteiger partial charge < -0.3 is 35.3 Å². The van der Waals surface area contributed by atoms with Crippen molar-refractivity contribution in [3.05, 3.63) is 95.2 Å². The van der Waals surface area contributed by atoms with Crippen molar-refractivity contribution in [3.8, 4) is 0 Å². The maximum Gasteiger partial charge on any atom is 0.254 e. The molecule has 3 aromatic rings. The van der Waals surface area contributed by atoms with Gasteiger partial charge in [0.15, 0.2) is 6.29 Å². The zero-order valence-electron chi connectivity index (χ0n) is 24.5. The Bertz CT molecular complexity index is 1410. The van der Waals surface area contributed by atoms with E-state index in [0.29, 0.717) is 34.9 Å². The van der Waals surface area contributed by atoms with Crippen molar-refractivity contribution in [2.75, 3.05) is 39.5 Å². The van der Waals surface area contributed by atoms with Crippen LogP contribution in [-0.4, -0.2) is 84.1 Å². The van der Waals surface area contributed by atoms with Gasteiger partial charge in [-0.15, -0.1) is 0 Å². The van der Waals surface area contributed by atoms with Gasteiger partial charge in [-0.25, -0.2) is 4.98 Å². The average molecular weight is 608 g/mol. The van der Waals surface area contributed by atoms with Crippen LogP contribution in [0.5, 0.6) is 0 Å². The molecule has 0 fully saturated rings. The van der Waals surface area contributed by atoms with Crippen molar-refractivity contribution in [1.29, 1.82) is 0 Å². The normalized spacial score (nSPS) is 13.7. The molecule has 1 heterocycles. The number of imidazole rings is 1. The van der Waals surface area contributed by atoms with Crippen molar-refractivity contribution in [1.82, 2.24) is 25.1 Å². The number of aliphatic hydroxyl groups is 1. The quantitative estimate of drug-likeness (QED) is 0.111. The van der Waals surface area contributed by atoms with E-state index in [9.17, 15) is 19.5 Å². The molecule has 0 radical (unpaired) electrons. The van der Waals surface area contributed by atoms with Crippen LogP contribution >= 0.6 is 11.6 Å². The van der Waals surface area contributed by atoms with Crippen molar-refractivity contribution >= 4 is 41.6 Å². The molecule has 3 rings (SSSR count). The Labute approximate surface area is 256 Å². The summed E-state index contributed by atoms with van der Waals surface area (Å²) in [5, 5.41) is 20.5. The number of anilines is 1. The summed E-state index contributed by atoms with van der Waals surface area (Å²) in [6, 6.07) is 11.2. The number of amidine groups is 1. The Hall–Kier alpha value is -4.32. The molecule has 228 valence electrons. The monoisotopic (exact) mass is 607 g/mol. The molecule has 0 aliphatic rings. The number of aliphatic hydroxyl groups excluding tert-OH is 1.